The highest BCUT2D eigenvalue weighted by molar-refractivity contribution is 5.65. The number of nitrogens with zero attached hydrogens (tertiary/aromatic N) is 4. The van der Waals surface area contributed by atoms with Gasteiger partial charge in [-0.2, -0.15) is 10.4 Å². The van der Waals surface area contributed by atoms with E-state index in [1.165, 1.54) is 10.8 Å². The summed E-state index contributed by atoms with van der Waals surface area (Å²) in [6.07, 6.45) is -3.25. The number of aromatic nitrogens is 3. The summed E-state index contributed by atoms with van der Waals surface area (Å²) < 4.78 is 22.0. The molecule has 0 bridgehead atoms. The van der Waals surface area contributed by atoms with Crippen molar-refractivity contribution in [1.82, 2.24) is 14.6 Å². The zero-order valence-electron chi connectivity index (χ0n) is 16.3. The normalized spacial score (nSPS) is 25.9. The molecule has 162 valence electrons. The molecule has 0 saturated carbocycles. The highest BCUT2D eigenvalue weighted by atomic mass is 16.7. The first kappa shape index (κ1) is 21.7. The van der Waals surface area contributed by atoms with Crippen molar-refractivity contribution in [3.05, 3.63) is 24.2 Å². The average molecular weight is 421 g/mol. The number of carbonyl (C=O) groups excluding carboxylic acids is 1. The standard InChI is InChI=1S/C18H23N5O7/c1-2-5-27-6-7-28-17(26)29-9-18(8-19)15(25)13(24)14(30-18)11-3-4-12-16(20)21-10-22-23(11)12/h3-4,10,13-15,24-25H,2,5-7,9H2,1H3,(H2,20,21,22)/t13-,14-,15-,18+/m0/s1. The lowest BCUT2D eigenvalue weighted by Crippen LogP contribution is -2.46. The van der Waals surface area contributed by atoms with Crippen molar-refractivity contribution in [2.75, 3.05) is 32.2 Å². The van der Waals surface area contributed by atoms with Gasteiger partial charge in [-0.05, 0) is 18.6 Å². The van der Waals surface area contributed by atoms with Crippen LogP contribution in [0.2, 0.25) is 0 Å². The Morgan fingerprint density at radius 1 is 1.37 bits per heavy atom. The van der Waals surface area contributed by atoms with Crippen LogP contribution in [0.3, 0.4) is 0 Å². The van der Waals surface area contributed by atoms with Crippen molar-refractivity contribution in [2.45, 2.75) is 37.3 Å². The van der Waals surface area contributed by atoms with Gasteiger partial charge in [0.25, 0.3) is 0 Å². The lowest BCUT2D eigenvalue weighted by atomic mass is 9.96. The number of carbonyl (C=O) groups is 1. The molecular formula is C18H23N5O7. The number of hydrogen-bond donors (Lipinski definition) is 3. The first-order chi connectivity index (χ1) is 14.4. The Kier molecular flexibility index (Phi) is 6.68. The predicted octanol–water partition coefficient (Wildman–Crippen LogP) is -0.0532. The Labute approximate surface area is 171 Å². The molecule has 0 unspecified atom stereocenters. The number of ether oxygens (including phenoxy) is 4. The van der Waals surface area contributed by atoms with Crippen molar-refractivity contribution in [3.8, 4) is 6.07 Å². The number of rotatable bonds is 8. The van der Waals surface area contributed by atoms with E-state index in [0.29, 0.717) is 17.8 Å². The summed E-state index contributed by atoms with van der Waals surface area (Å²) in [5.74, 6) is 0.213. The molecule has 12 heteroatoms. The second-order valence-corrected chi connectivity index (χ2v) is 6.68. The van der Waals surface area contributed by atoms with Crippen LogP contribution in [0.4, 0.5) is 10.6 Å². The Morgan fingerprint density at radius 2 is 2.17 bits per heavy atom. The van der Waals surface area contributed by atoms with Crippen molar-refractivity contribution in [3.63, 3.8) is 0 Å². The van der Waals surface area contributed by atoms with Crippen LogP contribution in [0.1, 0.15) is 25.1 Å². The summed E-state index contributed by atoms with van der Waals surface area (Å²) in [7, 11) is 0. The van der Waals surface area contributed by atoms with Gasteiger partial charge in [-0.3, -0.25) is 0 Å². The molecule has 0 spiro atoms. The summed E-state index contributed by atoms with van der Waals surface area (Å²) >= 11 is 0. The molecule has 4 atom stereocenters. The van der Waals surface area contributed by atoms with Crippen LogP contribution in [-0.4, -0.2) is 75.2 Å². The van der Waals surface area contributed by atoms with Crippen LogP contribution in [0.25, 0.3) is 5.52 Å². The summed E-state index contributed by atoms with van der Waals surface area (Å²) in [4.78, 5) is 15.6. The number of aliphatic hydroxyl groups is 2. The molecule has 0 aliphatic carbocycles. The van der Waals surface area contributed by atoms with Gasteiger partial charge in [-0.15, -0.1) is 0 Å². The topological polar surface area (TPSA) is 174 Å². The zero-order chi connectivity index (χ0) is 21.7. The van der Waals surface area contributed by atoms with Crippen LogP contribution in [-0.2, 0) is 18.9 Å². The van der Waals surface area contributed by atoms with Gasteiger partial charge in [0, 0.05) is 6.61 Å². The van der Waals surface area contributed by atoms with Gasteiger partial charge < -0.3 is 34.9 Å². The molecule has 0 aromatic carbocycles. The van der Waals surface area contributed by atoms with Gasteiger partial charge in [0.2, 0.25) is 5.60 Å². The van der Waals surface area contributed by atoms with Crippen LogP contribution in [0.5, 0.6) is 0 Å². The van der Waals surface area contributed by atoms with E-state index in [1.807, 2.05) is 6.92 Å². The molecule has 3 rings (SSSR count). The molecule has 1 fully saturated rings. The molecular weight excluding hydrogens is 398 g/mol. The van der Waals surface area contributed by atoms with Gasteiger partial charge in [0.15, 0.2) is 5.82 Å². The van der Waals surface area contributed by atoms with Crippen LogP contribution in [0.15, 0.2) is 18.5 Å². The minimum atomic E-state index is -2.00. The minimum Gasteiger partial charge on any atom is -0.432 e. The predicted molar refractivity (Wildman–Crippen MR) is 100.0 cm³/mol. The van der Waals surface area contributed by atoms with Crippen molar-refractivity contribution < 1.29 is 34.0 Å². The second-order valence-electron chi connectivity index (χ2n) is 6.68. The molecule has 1 aliphatic rings. The number of anilines is 1. The number of nitriles is 1. The maximum atomic E-state index is 11.8. The van der Waals surface area contributed by atoms with E-state index in [9.17, 15) is 20.3 Å². The summed E-state index contributed by atoms with van der Waals surface area (Å²) in [5, 5.41) is 34.7. The number of fused-ring (bicyclic) bond motifs is 1. The minimum absolute atomic E-state index is 0.0235. The quantitative estimate of drug-likeness (QED) is 0.385. The van der Waals surface area contributed by atoms with Gasteiger partial charge in [-0.25, -0.2) is 14.3 Å². The Morgan fingerprint density at radius 3 is 2.90 bits per heavy atom. The number of aliphatic hydroxyl groups excluding tert-OH is 2. The Bertz CT molecular complexity index is 929. The highest BCUT2D eigenvalue weighted by Crippen LogP contribution is 2.40. The van der Waals surface area contributed by atoms with Crippen LogP contribution < -0.4 is 5.73 Å². The lowest BCUT2D eigenvalue weighted by Gasteiger charge is -2.23. The molecule has 1 saturated heterocycles. The molecule has 1 aliphatic heterocycles. The monoisotopic (exact) mass is 421 g/mol. The fraction of sp³-hybridized carbons (Fsp3) is 0.556. The number of nitrogens with two attached hydrogens (primary N) is 1. The number of nitrogen functional groups attached to an aromatic ring is 1. The van der Waals surface area contributed by atoms with E-state index in [1.54, 1.807) is 18.2 Å². The van der Waals surface area contributed by atoms with Crippen LogP contribution >= 0.6 is 0 Å². The maximum absolute atomic E-state index is 11.8. The lowest BCUT2D eigenvalue weighted by molar-refractivity contribution is -0.0867. The van der Waals surface area contributed by atoms with E-state index >= 15 is 0 Å². The molecule has 2 aromatic rings. The largest absolute Gasteiger partial charge is 0.508 e. The van der Waals surface area contributed by atoms with Gasteiger partial charge in [0.05, 0.1) is 12.3 Å². The molecule has 2 aromatic heterocycles. The Balaban J connectivity index is 1.68. The van der Waals surface area contributed by atoms with Gasteiger partial charge >= 0.3 is 6.16 Å². The van der Waals surface area contributed by atoms with Crippen molar-refractivity contribution in [2.24, 2.45) is 0 Å². The zero-order valence-corrected chi connectivity index (χ0v) is 16.3. The van der Waals surface area contributed by atoms with E-state index in [2.05, 4.69) is 10.1 Å². The summed E-state index contributed by atoms with van der Waals surface area (Å²) in [6, 6.07) is 4.99. The smallest absolute Gasteiger partial charge is 0.432 e. The third-order valence-corrected chi connectivity index (χ3v) is 4.64. The van der Waals surface area contributed by atoms with Crippen molar-refractivity contribution in [1.29, 1.82) is 5.26 Å². The first-order valence-corrected chi connectivity index (χ1v) is 9.34. The molecule has 30 heavy (non-hydrogen) atoms. The van der Waals surface area contributed by atoms with E-state index in [0.717, 1.165) is 6.42 Å². The third-order valence-electron chi connectivity index (χ3n) is 4.64. The number of hydrogen-bond acceptors (Lipinski definition) is 11. The molecule has 12 nitrogen and oxygen atoms in total. The third kappa shape index (κ3) is 4.14. The fourth-order valence-electron chi connectivity index (χ4n) is 3.11. The molecule has 3 heterocycles. The van der Waals surface area contributed by atoms with E-state index in [-0.39, 0.29) is 19.0 Å². The van der Waals surface area contributed by atoms with E-state index in [4.69, 9.17) is 24.7 Å². The summed E-state index contributed by atoms with van der Waals surface area (Å²) in [6.45, 7) is 2.03. The molecule has 0 radical (unpaired) electrons. The SMILES string of the molecule is CCCOCCOC(=O)OC[C@@]1(C#N)O[C@@H](c2ccc3c(N)ncnn23)[C@H](O)[C@@H]1O. The highest BCUT2D eigenvalue weighted by Gasteiger charge is 2.57. The second kappa shape index (κ2) is 9.23. The molecule has 0 amide bonds. The summed E-state index contributed by atoms with van der Waals surface area (Å²) in [5.41, 5.74) is 4.62. The first-order valence-electron chi connectivity index (χ1n) is 9.34. The van der Waals surface area contributed by atoms with Gasteiger partial charge in [-0.1, -0.05) is 6.92 Å². The van der Waals surface area contributed by atoms with Crippen LogP contribution in [0, 0.1) is 11.3 Å². The maximum Gasteiger partial charge on any atom is 0.508 e. The fourth-order valence-corrected chi connectivity index (χ4v) is 3.11. The average Bonchev–Trinajstić information content (AvgIpc) is 3.28. The van der Waals surface area contributed by atoms with Crippen molar-refractivity contribution >= 4 is 17.5 Å². The van der Waals surface area contributed by atoms with Gasteiger partial charge in [0.1, 0.15) is 49.4 Å². The Hall–Kier alpha value is -2.98. The molecule has 4 N–H and O–H groups in total. The van der Waals surface area contributed by atoms with E-state index < -0.39 is 36.7 Å².